The molecule has 2 heterocycles. The minimum absolute atomic E-state index is 0.557. The molecule has 4 heteroatoms. The van der Waals surface area contributed by atoms with Gasteiger partial charge in [0.15, 0.2) is 5.58 Å². The lowest BCUT2D eigenvalue weighted by atomic mass is 10.1. The number of furan rings is 1. The molecule has 0 atom stereocenters. The molecule has 0 aliphatic carbocycles. The average molecular weight is 260 g/mol. The molecule has 2 aromatic heterocycles. The molecule has 0 aliphatic rings. The zero-order valence-electron chi connectivity index (χ0n) is 9.68. The van der Waals surface area contributed by atoms with Crippen LogP contribution in [0.25, 0.3) is 22.4 Å². The summed E-state index contributed by atoms with van der Waals surface area (Å²) in [7, 11) is 1.63. The van der Waals surface area contributed by atoms with Crippen LogP contribution in [0.15, 0.2) is 47.0 Å². The van der Waals surface area contributed by atoms with E-state index in [0.717, 1.165) is 16.8 Å². The number of para-hydroxylation sites is 1. The van der Waals surface area contributed by atoms with E-state index in [4.69, 9.17) is 20.8 Å². The number of aromatic nitrogens is 1. The molecular weight excluding hydrogens is 250 g/mol. The Balaban J connectivity index is 2.23. The van der Waals surface area contributed by atoms with Gasteiger partial charge in [-0.3, -0.25) is 4.98 Å². The summed E-state index contributed by atoms with van der Waals surface area (Å²) in [5, 5.41) is 0.557. The number of fused-ring (bicyclic) bond motifs is 1. The molecule has 3 nitrogen and oxygen atoms in total. The molecule has 0 fully saturated rings. The highest BCUT2D eigenvalue weighted by Gasteiger charge is 2.12. The maximum Gasteiger partial charge on any atom is 0.171 e. The van der Waals surface area contributed by atoms with Gasteiger partial charge in [0.1, 0.15) is 17.0 Å². The predicted molar refractivity (Wildman–Crippen MR) is 71.0 cm³/mol. The van der Waals surface area contributed by atoms with Gasteiger partial charge in [-0.2, -0.15) is 0 Å². The summed E-state index contributed by atoms with van der Waals surface area (Å²) in [6.07, 6.45) is 1.66. The van der Waals surface area contributed by atoms with Gasteiger partial charge >= 0.3 is 0 Å². The minimum atomic E-state index is 0.557. The van der Waals surface area contributed by atoms with Crippen LogP contribution in [0.2, 0.25) is 5.02 Å². The first-order valence-corrected chi connectivity index (χ1v) is 5.85. The number of benzene rings is 1. The molecule has 0 amide bonds. The Kier molecular flexibility index (Phi) is 2.68. The van der Waals surface area contributed by atoms with E-state index in [9.17, 15) is 0 Å². The Morgan fingerprint density at radius 1 is 1.22 bits per heavy atom. The lowest BCUT2D eigenvalue weighted by Gasteiger charge is -2.04. The summed E-state index contributed by atoms with van der Waals surface area (Å²) in [6.45, 7) is 0. The third-order valence-electron chi connectivity index (χ3n) is 2.74. The zero-order valence-corrected chi connectivity index (χ0v) is 10.4. The van der Waals surface area contributed by atoms with Crippen LogP contribution in [-0.4, -0.2) is 12.1 Å². The number of ether oxygens (including phenoxy) is 1. The van der Waals surface area contributed by atoms with Gasteiger partial charge in [-0.05, 0) is 18.2 Å². The highest BCUT2D eigenvalue weighted by molar-refractivity contribution is 6.34. The largest absolute Gasteiger partial charge is 0.496 e. The number of pyridine rings is 1. The Hall–Kier alpha value is -2.00. The molecule has 0 bridgehead atoms. The van der Waals surface area contributed by atoms with Crippen molar-refractivity contribution in [1.82, 2.24) is 4.98 Å². The summed E-state index contributed by atoms with van der Waals surface area (Å²) in [5.74, 6) is 1.45. The van der Waals surface area contributed by atoms with Gasteiger partial charge in [-0.15, -0.1) is 0 Å². The molecule has 3 rings (SSSR count). The van der Waals surface area contributed by atoms with Crippen LogP contribution in [0.1, 0.15) is 0 Å². The lowest BCUT2D eigenvalue weighted by molar-refractivity contribution is 0.415. The van der Waals surface area contributed by atoms with Crippen LogP contribution in [-0.2, 0) is 0 Å². The van der Waals surface area contributed by atoms with Crippen molar-refractivity contribution in [2.75, 3.05) is 7.11 Å². The monoisotopic (exact) mass is 259 g/mol. The van der Waals surface area contributed by atoms with Gasteiger partial charge < -0.3 is 9.15 Å². The molecule has 0 N–H and O–H groups in total. The highest BCUT2D eigenvalue weighted by atomic mass is 35.5. The van der Waals surface area contributed by atoms with Gasteiger partial charge in [0.2, 0.25) is 0 Å². The molecule has 0 unspecified atom stereocenters. The van der Waals surface area contributed by atoms with E-state index in [2.05, 4.69) is 4.98 Å². The summed E-state index contributed by atoms with van der Waals surface area (Å²) < 4.78 is 11.1. The van der Waals surface area contributed by atoms with E-state index in [1.165, 1.54) is 0 Å². The Morgan fingerprint density at radius 3 is 2.83 bits per heavy atom. The highest BCUT2D eigenvalue weighted by Crippen LogP contribution is 2.35. The van der Waals surface area contributed by atoms with Crippen molar-refractivity contribution in [2.24, 2.45) is 0 Å². The second-order valence-electron chi connectivity index (χ2n) is 3.82. The molecule has 0 saturated carbocycles. The van der Waals surface area contributed by atoms with Crippen LogP contribution >= 0.6 is 11.6 Å². The fourth-order valence-electron chi connectivity index (χ4n) is 1.89. The second-order valence-corrected chi connectivity index (χ2v) is 4.23. The van der Waals surface area contributed by atoms with E-state index < -0.39 is 0 Å². The van der Waals surface area contributed by atoms with Crippen LogP contribution in [0.4, 0.5) is 0 Å². The Labute approximate surface area is 109 Å². The van der Waals surface area contributed by atoms with Gasteiger partial charge in [0.05, 0.1) is 17.7 Å². The number of nitrogens with zero attached hydrogens (tertiary/aromatic N) is 1. The van der Waals surface area contributed by atoms with Crippen molar-refractivity contribution in [2.45, 2.75) is 0 Å². The minimum Gasteiger partial charge on any atom is -0.496 e. The molecule has 1 aromatic carbocycles. The Bertz CT molecular complexity index is 706. The maximum absolute atomic E-state index is 6.07. The fourth-order valence-corrected chi connectivity index (χ4v) is 2.08. The van der Waals surface area contributed by atoms with Gasteiger partial charge in [0.25, 0.3) is 0 Å². The molecule has 3 aromatic rings. The van der Waals surface area contributed by atoms with Crippen molar-refractivity contribution in [3.63, 3.8) is 0 Å². The van der Waals surface area contributed by atoms with E-state index in [-0.39, 0.29) is 0 Å². The second kappa shape index (κ2) is 4.35. The topological polar surface area (TPSA) is 35.3 Å². The van der Waals surface area contributed by atoms with Crippen molar-refractivity contribution in [3.05, 3.63) is 47.6 Å². The van der Waals surface area contributed by atoms with Crippen molar-refractivity contribution in [3.8, 4) is 17.1 Å². The first-order valence-electron chi connectivity index (χ1n) is 5.47. The molecule has 0 spiro atoms. The summed E-state index contributed by atoms with van der Waals surface area (Å²) in [6, 6.07) is 11.2. The van der Waals surface area contributed by atoms with Crippen LogP contribution in [0.3, 0.4) is 0 Å². The molecule has 0 aliphatic heterocycles. The predicted octanol–water partition coefficient (Wildman–Crippen LogP) is 4.16. The molecule has 18 heavy (non-hydrogen) atoms. The van der Waals surface area contributed by atoms with Crippen molar-refractivity contribution >= 4 is 22.7 Å². The smallest absolute Gasteiger partial charge is 0.171 e. The maximum atomic E-state index is 6.07. The summed E-state index contributed by atoms with van der Waals surface area (Å²) in [5.41, 5.74) is 2.22. The first kappa shape index (κ1) is 11.1. The van der Waals surface area contributed by atoms with Crippen molar-refractivity contribution < 1.29 is 9.15 Å². The van der Waals surface area contributed by atoms with Gasteiger partial charge in [0, 0.05) is 12.3 Å². The number of halogens is 1. The van der Waals surface area contributed by atoms with Crippen LogP contribution in [0.5, 0.6) is 5.75 Å². The fraction of sp³-hybridized carbons (Fsp3) is 0.0714. The average Bonchev–Trinajstić information content (AvgIpc) is 2.84. The first-order chi connectivity index (χ1) is 8.79. The van der Waals surface area contributed by atoms with E-state index in [1.807, 2.05) is 30.3 Å². The molecular formula is C14H10ClNO2. The van der Waals surface area contributed by atoms with E-state index in [0.29, 0.717) is 16.4 Å². The van der Waals surface area contributed by atoms with Crippen molar-refractivity contribution in [1.29, 1.82) is 0 Å². The third kappa shape index (κ3) is 1.73. The SMILES string of the molecule is COc1ccccc1-c1cc2nccc(Cl)c2o1. The zero-order chi connectivity index (χ0) is 12.5. The molecule has 90 valence electrons. The summed E-state index contributed by atoms with van der Waals surface area (Å²) in [4.78, 5) is 4.22. The Morgan fingerprint density at radius 2 is 2.06 bits per heavy atom. The lowest BCUT2D eigenvalue weighted by Crippen LogP contribution is -1.85. The summed E-state index contributed by atoms with van der Waals surface area (Å²) >= 11 is 6.07. The molecule has 0 saturated heterocycles. The number of methoxy groups -OCH3 is 1. The number of hydrogen-bond acceptors (Lipinski definition) is 3. The molecule has 0 radical (unpaired) electrons. The normalized spacial score (nSPS) is 10.8. The van der Waals surface area contributed by atoms with Gasteiger partial charge in [-0.25, -0.2) is 0 Å². The van der Waals surface area contributed by atoms with Crippen LogP contribution in [0, 0.1) is 0 Å². The van der Waals surface area contributed by atoms with Crippen LogP contribution < -0.4 is 4.74 Å². The third-order valence-corrected chi connectivity index (χ3v) is 3.03. The van der Waals surface area contributed by atoms with E-state index in [1.54, 1.807) is 19.4 Å². The number of hydrogen-bond donors (Lipinski definition) is 0. The standard InChI is InChI=1S/C14H10ClNO2/c1-17-12-5-3-2-4-9(12)13-8-11-14(18-13)10(15)6-7-16-11/h2-8H,1H3. The number of rotatable bonds is 2. The van der Waals surface area contributed by atoms with Gasteiger partial charge in [-0.1, -0.05) is 23.7 Å². The quantitative estimate of drug-likeness (QED) is 0.693. The van der Waals surface area contributed by atoms with E-state index >= 15 is 0 Å².